The fourth-order valence-corrected chi connectivity index (χ4v) is 4.42. The van der Waals surface area contributed by atoms with Crippen molar-refractivity contribution in [3.05, 3.63) is 87.0 Å². The van der Waals surface area contributed by atoms with Crippen LogP contribution in [0.25, 0.3) is 0 Å². The third-order valence-corrected chi connectivity index (χ3v) is 6.10. The Kier molecular flexibility index (Phi) is 6.05. The lowest BCUT2D eigenvalue weighted by Crippen LogP contribution is -2.35. The second-order valence-corrected chi connectivity index (χ2v) is 8.37. The molecule has 33 heavy (non-hydrogen) atoms. The van der Waals surface area contributed by atoms with E-state index in [1.54, 1.807) is 6.92 Å². The number of carbonyl (C=O) groups excluding carboxylic acids is 2. The largest absolute Gasteiger partial charge is 0.416 e. The number of nitrogens with one attached hydrogen (secondary N) is 2. The number of carbonyl (C=O) groups is 2. The van der Waals surface area contributed by atoms with E-state index in [0.29, 0.717) is 41.8 Å². The van der Waals surface area contributed by atoms with Gasteiger partial charge in [-0.25, -0.2) is 4.39 Å². The van der Waals surface area contributed by atoms with Gasteiger partial charge in [0, 0.05) is 34.9 Å². The zero-order valence-corrected chi connectivity index (χ0v) is 18.2. The van der Waals surface area contributed by atoms with Gasteiger partial charge in [-0.1, -0.05) is 23.7 Å². The molecule has 2 aromatic rings. The van der Waals surface area contributed by atoms with Crippen LogP contribution in [0.15, 0.2) is 65.0 Å². The third-order valence-electron chi connectivity index (χ3n) is 5.77. The molecule has 0 saturated carbocycles. The molecule has 1 atom stereocenters. The normalized spacial score (nSPS) is 18.7. The number of halogens is 5. The molecule has 0 fully saturated rings. The lowest BCUT2D eigenvalue weighted by atomic mass is 9.75. The van der Waals surface area contributed by atoms with Gasteiger partial charge in [0.25, 0.3) is 5.91 Å². The number of allylic oxidation sites excluding steroid dienone is 3. The molecular formula is C24H19ClF4N2O2. The number of alkyl halides is 3. The Bertz CT molecular complexity index is 1200. The lowest BCUT2D eigenvalue weighted by Gasteiger charge is -2.34. The zero-order valence-electron chi connectivity index (χ0n) is 17.4. The fraction of sp³-hybridized carbons (Fsp3) is 0.250. The monoisotopic (exact) mass is 478 g/mol. The average molecular weight is 479 g/mol. The van der Waals surface area contributed by atoms with Gasteiger partial charge < -0.3 is 10.6 Å². The van der Waals surface area contributed by atoms with Gasteiger partial charge in [0.1, 0.15) is 5.82 Å². The highest BCUT2D eigenvalue weighted by Crippen LogP contribution is 2.43. The van der Waals surface area contributed by atoms with Crippen molar-refractivity contribution in [3.8, 4) is 0 Å². The number of hydrogen-bond acceptors (Lipinski definition) is 3. The third kappa shape index (κ3) is 4.53. The Hall–Kier alpha value is -3.13. The molecule has 2 N–H and O–H groups in total. The van der Waals surface area contributed by atoms with Crippen molar-refractivity contribution in [3.63, 3.8) is 0 Å². The average Bonchev–Trinajstić information content (AvgIpc) is 2.74. The van der Waals surface area contributed by atoms with Gasteiger partial charge in [-0.3, -0.25) is 9.59 Å². The van der Waals surface area contributed by atoms with E-state index in [4.69, 9.17) is 11.6 Å². The first kappa shape index (κ1) is 23.0. The number of ketones is 1. The van der Waals surface area contributed by atoms with Crippen LogP contribution in [0.4, 0.5) is 23.2 Å². The van der Waals surface area contributed by atoms with E-state index in [1.807, 2.05) is 0 Å². The molecule has 0 aromatic heterocycles. The fourth-order valence-electron chi connectivity index (χ4n) is 4.26. The van der Waals surface area contributed by atoms with Crippen molar-refractivity contribution in [2.24, 2.45) is 0 Å². The summed E-state index contributed by atoms with van der Waals surface area (Å²) in [7, 11) is 0. The minimum atomic E-state index is -4.61. The molecule has 1 unspecified atom stereocenters. The summed E-state index contributed by atoms with van der Waals surface area (Å²) in [5.74, 6) is -2.10. The summed E-state index contributed by atoms with van der Waals surface area (Å²) >= 11 is 6.05. The van der Waals surface area contributed by atoms with Crippen molar-refractivity contribution in [2.45, 2.75) is 38.3 Å². The Morgan fingerprint density at radius 1 is 1.12 bits per heavy atom. The zero-order chi connectivity index (χ0) is 23.9. The predicted molar refractivity (Wildman–Crippen MR) is 116 cm³/mol. The maximum Gasteiger partial charge on any atom is 0.416 e. The molecule has 1 aliphatic carbocycles. The topological polar surface area (TPSA) is 58.2 Å². The second-order valence-electron chi connectivity index (χ2n) is 7.96. The first-order valence-electron chi connectivity index (χ1n) is 10.2. The summed E-state index contributed by atoms with van der Waals surface area (Å²) in [6.07, 6.45) is -3.03. The summed E-state index contributed by atoms with van der Waals surface area (Å²) in [5.41, 5.74) is 1.09. The Labute approximate surface area is 192 Å². The number of amides is 1. The molecule has 0 bridgehead atoms. The molecule has 2 aliphatic rings. The van der Waals surface area contributed by atoms with Gasteiger partial charge in [0.2, 0.25) is 0 Å². The van der Waals surface area contributed by atoms with E-state index in [-0.39, 0.29) is 22.1 Å². The Morgan fingerprint density at radius 3 is 2.48 bits per heavy atom. The summed E-state index contributed by atoms with van der Waals surface area (Å²) in [5, 5.41) is 5.52. The number of rotatable bonds is 3. The quantitative estimate of drug-likeness (QED) is 0.524. The smallest absolute Gasteiger partial charge is 0.362 e. The highest BCUT2D eigenvalue weighted by molar-refractivity contribution is 6.34. The number of Topliss-reactive ketones (excluding diaryl/α,β-unsaturated/α-hetero) is 1. The Morgan fingerprint density at radius 2 is 1.82 bits per heavy atom. The summed E-state index contributed by atoms with van der Waals surface area (Å²) in [6, 6.07) is 8.10. The van der Waals surface area contributed by atoms with Gasteiger partial charge in [0.05, 0.1) is 16.3 Å². The SMILES string of the molecule is CC1=C(C(=O)Nc2cc(C(F)(F)F)ccc2Cl)C(c2ccc(F)cc2)C2=C(CCCC2=O)N1. The van der Waals surface area contributed by atoms with Crippen LogP contribution in [-0.2, 0) is 15.8 Å². The Balaban J connectivity index is 1.77. The molecule has 1 aliphatic heterocycles. The van der Waals surface area contributed by atoms with E-state index < -0.39 is 29.4 Å². The minimum Gasteiger partial charge on any atom is -0.362 e. The molecule has 1 amide bonds. The molecule has 1 heterocycles. The van der Waals surface area contributed by atoms with Gasteiger partial charge in [-0.2, -0.15) is 13.2 Å². The van der Waals surface area contributed by atoms with Crippen LogP contribution in [0.5, 0.6) is 0 Å². The van der Waals surface area contributed by atoms with Crippen LogP contribution in [0, 0.1) is 5.82 Å². The summed E-state index contributed by atoms with van der Waals surface area (Å²) in [4.78, 5) is 26.2. The van der Waals surface area contributed by atoms with E-state index in [2.05, 4.69) is 10.6 Å². The van der Waals surface area contributed by atoms with Crippen LogP contribution >= 0.6 is 11.6 Å². The van der Waals surface area contributed by atoms with E-state index in [0.717, 1.165) is 18.2 Å². The summed E-state index contributed by atoms with van der Waals surface area (Å²) < 4.78 is 53.0. The number of anilines is 1. The van der Waals surface area contributed by atoms with Crippen LogP contribution in [-0.4, -0.2) is 11.7 Å². The first-order chi connectivity index (χ1) is 15.6. The number of hydrogen-bond donors (Lipinski definition) is 2. The number of benzene rings is 2. The summed E-state index contributed by atoms with van der Waals surface area (Å²) in [6.45, 7) is 1.65. The molecule has 0 saturated heterocycles. The van der Waals surface area contributed by atoms with Crippen LogP contribution < -0.4 is 10.6 Å². The van der Waals surface area contributed by atoms with Crippen molar-refractivity contribution in [1.29, 1.82) is 0 Å². The molecule has 4 nitrogen and oxygen atoms in total. The predicted octanol–water partition coefficient (Wildman–Crippen LogP) is 6.10. The first-order valence-corrected chi connectivity index (χ1v) is 10.6. The molecule has 0 radical (unpaired) electrons. The van der Waals surface area contributed by atoms with Crippen LogP contribution in [0.2, 0.25) is 5.02 Å². The number of dihydropyridines is 1. The molecule has 2 aromatic carbocycles. The molecule has 0 spiro atoms. The highest BCUT2D eigenvalue weighted by Gasteiger charge is 2.39. The molecule has 172 valence electrons. The maximum atomic E-state index is 13.6. The van der Waals surface area contributed by atoms with Crippen molar-refractivity contribution < 1.29 is 27.2 Å². The van der Waals surface area contributed by atoms with Crippen molar-refractivity contribution >= 4 is 29.0 Å². The van der Waals surface area contributed by atoms with Gasteiger partial charge >= 0.3 is 6.18 Å². The van der Waals surface area contributed by atoms with E-state index >= 15 is 0 Å². The van der Waals surface area contributed by atoms with E-state index in [9.17, 15) is 27.2 Å². The van der Waals surface area contributed by atoms with E-state index in [1.165, 1.54) is 24.3 Å². The highest BCUT2D eigenvalue weighted by atomic mass is 35.5. The molecule has 9 heteroatoms. The molecular weight excluding hydrogens is 460 g/mol. The van der Waals surface area contributed by atoms with Crippen molar-refractivity contribution in [2.75, 3.05) is 5.32 Å². The van der Waals surface area contributed by atoms with Gasteiger partial charge in [-0.05, 0) is 55.7 Å². The van der Waals surface area contributed by atoms with Crippen LogP contribution in [0.3, 0.4) is 0 Å². The molecule has 4 rings (SSSR count). The second kappa shape index (κ2) is 8.67. The standard InChI is InChI=1S/C24H19ClF4N2O2/c1-12-20(23(33)31-18-11-14(24(27,28)29)7-10-16(18)25)21(13-5-8-15(26)9-6-13)22-17(30-12)3-2-4-19(22)32/h5-11,21,30H,2-4H2,1H3,(H,31,33). The van der Waals surface area contributed by atoms with Crippen molar-refractivity contribution in [1.82, 2.24) is 5.32 Å². The minimum absolute atomic E-state index is 0.0645. The van der Waals surface area contributed by atoms with Gasteiger partial charge in [-0.15, -0.1) is 0 Å². The maximum absolute atomic E-state index is 13.6. The van der Waals surface area contributed by atoms with Gasteiger partial charge in [0.15, 0.2) is 5.78 Å². The van der Waals surface area contributed by atoms with Crippen LogP contribution in [0.1, 0.15) is 43.2 Å². The lowest BCUT2D eigenvalue weighted by molar-refractivity contribution is -0.137.